The Kier molecular flexibility index (Phi) is 3.38. The second kappa shape index (κ2) is 4.81. The van der Waals surface area contributed by atoms with Gasteiger partial charge in [-0.15, -0.1) is 0 Å². The van der Waals surface area contributed by atoms with Gasteiger partial charge in [0.05, 0.1) is 6.20 Å². The first-order valence-electron chi connectivity index (χ1n) is 5.48. The lowest BCUT2D eigenvalue weighted by atomic mass is 10.1. The maximum absolute atomic E-state index is 11.2. The van der Waals surface area contributed by atoms with Crippen LogP contribution in [0.2, 0.25) is 5.22 Å². The molecule has 96 valence electrons. The van der Waals surface area contributed by atoms with Crippen molar-refractivity contribution in [2.75, 3.05) is 0 Å². The van der Waals surface area contributed by atoms with Crippen LogP contribution in [0.4, 0.5) is 0 Å². The fraction of sp³-hybridized carbons (Fsp3) is 0.364. The third kappa shape index (κ3) is 2.11. The second-order valence-electron chi connectivity index (χ2n) is 3.93. The fourth-order valence-corrected chi connectivity index (χ4v) is 1.78. The number of hydrogen-bond donors (Lipinski definition) is 1. The van der Waals surface area contributed by atoms with Crippen LogP contribution in [0.3, 0.4) is 0 Å². The Morgan fingerprint density at radius 2 is 2.39 bits per heavy atom. The van der Waals surface area contributed by atoms with Crippen LogP contribution in [0.25, 0.3) is 11.4 Å². The van der Waals surface area contributed by atoms with Gasteiger partial charge in [-0.1, -0.05) is 12.1 Å². The highest BCUT2D eigenvalue weighted by Crippen LogP contribution is 2.28. The smallest absolute Gasteiger partial charge is 0.339 e. The van der Waals surface area contributed by atoms with Crippen molar-refractivity contribution in [1.29, 1.82) is 0 Å². The van der Waals surface area contributed by atoms with Crippen molar-refractivity contribution in [3.05, 3.63) is 23.0 Å². The Labute approximate surface area is 108 Å². The molecule has 0 amide bonds. The Hall–Kier alpha value is -1.82. The first kappa shape index (κ1) is 12.6. The lowest BCUT2D eigenvalue weighted by molar-refractivity contribution is 0.0697. The number of carbonyl (C=O) groups is 1. The number of hydrogen-bond acceptors (Lipinski definition) is 4. The van der Waals surface area contributed by atoms with E-state index in [2.05, 4.69) is 10.3 Å². The zero-order valence-electron chi connectivity index (χ0n) is 9.92. The summed E-state index contributed by atoms with van der Waals surface area (Å²) >= 11 is 5.67. The SMILES string of the molecule is CCC(C)n1ncc(C(=O)O)c1-c1cc(Cl)on1. The predicted molar refractivity (Wildman–Crippen MR) is 64.7 cm³/mol. The summed E-state index contributed by atoms with van der Waals surface area (Å²) in [7, 11) is 0. The Morgan fingerprint density at radius 1 is 1.67 bits per heavy atom. The Morgan fingerprint density at radius 3 is 2.89 bits per heavy atom. The first-order valence-corrected chi connectivity index (χ1v) is 5.85. The molecule has 6 nitrogen and oxygen atoms in total. The van der Waals surface area contributed by atoms with Crippen LogP contribution in [0.5, 0.6) is 0 Å². The van der Waals surface area contributed by atoms with Crippen molar-refractivity contribution in [2.24, 2.45) is 0 Å². The number of aromatic nitrogens is 3. The van der Waals surface area contributed by atoms with Crippen LogP contribution in [0, 0.1) is 0 Å². The van der Waals surface area contributed by atoms with Gasteiger partial charge in [0, 0.05) is 12.1 Å². The van der Waals surface area contributed by atoms with Gasteiger partial charge in [0.2, 0.25) is 5.22 Å². The summed E-state index contributed by atoms with van der Waals surface area (Å²) in [4.78, 5) is 11.2. The van der Waals surface area contributed by atoms with Crippen molar-refractivity contribution in [3.63, 3.8) is 0 Å². The normalized spacial score (nSPS) is 12.6. The molecular weight excluding hydrogens is 258 g/mol. The third-order valence-corrected chi connectivity index (χ3v) is 2.94. The zero-order valence-corrected chi connectivity index (χ0v) is 10.7. The number of halogens is 1. The molecular formula is C11H12ClN3O3. The highest BCUT2D eigenvalue weighted by Gasteiger charge is 2.23. The molecule has 7 heteroatoms. The van der Waals surface area contributed by atoms with Crippen molar-refractivity contribution in [1.82, 2.24) is 14.9 Å². The lowest BCUT2D eigenvalue weighted by Crippen LogP contribution is -2.09. The highest BCUT2D eigenvalue weighted by molar-refractivity contribution is 6.29. The third-order valence-electron chi connectivity index (χ3n) is 2.76. The van der Waals surface area contributed by atoms with Crippen LogP contribution in [-0.2, 0) is 0 Å². The summed E-state index contributed by atoms with van der Waals surface area (Å²) in [5.41, 5.74) is 0.864. The molecule has 2 rings (SSSR count). The van der Waals surface area contributed by atoms with Crippen LogP contribution in [0.15, 0.2) is 16.8 Å². The average molecular weight is 270 g/mol. The summed E-state index contributed by atoms with van der Waals surface area (Å²) in [5.74, 6) is -1.06. The van der Waals surface area contributed by atoms with E-state index in [1.54, 1.807) is 4.68 Å². The summed E-state index contributed by atoms with van der Waals surface area (Å²) in [6.45, 7) is 3.94. The molecule has 0 aliphatic carbocycles. The molecule has 0 aliphatic rings. The first-order chi connectivity index (χ1) is 8.54. The maximum atomic E-state index is 11.2. The molecule has 0 aromatic carbocycles. The molecule has 1 atom stereocenters. The Bertz CT molecular complexity index is 576. The van der Waals surface area contributed by atoms with Gasteiger partial charge < -0.3 is 9.63 Å². The summed E-state index contributed by atoms with van der Waals surface area (Å²) in [6, 6.07) is 1.53. The van der Waals surface area contributed by atoms with E-state index in [4.69, 9.17) is 21.2 Å². The molecule has 1 unspecified atom stereocenters. The van der Waals surface area contributed by atoms with Crippen LogP contribution in [-0.4, -0.2) is 26.0 Å². The molecule has 0 aliphatic heterocycles. The van der Waals surface area contributed by atoms with Gasteiger partial charge in [-0.05, 0) is 24.9 Å². The number of nitrogens with zero attached hydrogens (tertiary/aromatic N) is 3. The van der Waals surface area contributed by atoms with E-state index in [1.165, 1.54) is 12.3 Å². The van der Waals surface area contributed by atoms with E-state index in [-0.39, 0.29) is 16.8 Å². The molecule has 0 radical (unpaired) electrons. The van der Waals surface area contributed by atoms with E-state index in [9.17, 15) is 4.79 Å². The maximum Gasteiger partial charge on any atom is 0.339 e. The van der Waals surface area contributed by atoms with Gasteiger partial charge in [-0.2, -0.15) is 5.10 Å². The monoisotopic (exact) mass is 269 g/mol. The number of carboxylic acids is 1. The van der Waals surface area contributed by atoms with Crippen LogP contribution < -0.4 is 0 Å². The lowest BCUT2D eigenvalue weighted by Gasteiger charge is -2.12. The van der Waals surface area contributed by atoms with Crippen molar-refractivity contribution in [3.8, 4) is 11.4 Å². The number of carboxylic acid groups (broad SMARTS) is 1. The van der Waals surface area contributed by atoms with Crippen LogP contribution >= 0.6 is 11.6 Å². The largest absolute Gasteiger partial charge is 0.478 e. The van der Waals surface area contributed by atoms with E-state index < -0.39 is 5.97 Å². The summed E-state index contributed by atoms with van der Waals surface area (Å²) in [6.07, 6.45) is 2.13. The molecule has 0 spiro atoms. The highest BCUT2D eigenvalue weighted by atomic mass is 35.5. The van der Waals surface area contributed by atoms with Gasteiger partial charge in [0.25, 0.3) is 0 Å². The number of aromatic carboxylic acids is 1. The van der Waals surface area contributed by atoms with Gasteiger partial charge >= 0.3 is 5.97 Å². The van der Waals surface area contributed by atoms with Gasteiger partial charge in [-0.3, -0.25) is 4.68 Å². The van der Waals surface area contributed by atoms with Gasteiger partial charge in [0.15, 0.2) is 0 Å². The van der Waals surface area contributed by atoms with E-state index >= 15 is 0 Å². The molecule has 0 bridgehead atoms. The predicted octanol–water partition coefficient (Wildman–Crippen LogP) is 2.86. The van der Waals surface area contributed by atoms with Gasteiger partial charge in [0.1, 0.15) is 17.0 Å². The molecule has 0 saturated heterocycles. The summed E-state index contributed by atoms with van der Waals surface area (Å²) < 4.78 is 6.40. The van der Waals surface area contributed by atoms with Crippen molar-refractivity contribution >= 4 is 17.6 Å². The number of rotatable bonds is 4. The quantitative estimate of drug-likeness (QED) is 0.923. The Balaban J connectivity index is 2.60. The topological polar surface area (TPSA) is 81.2 Å². The van der Waals surface area contributed by atoms with Gasteiger partial charge in [-0.25, -0.2) is 4.79 Å². The van der Waals surface area contributed by atoms with Crippen molar-refractivity contribution < 1.29 is 14.4 Å². The molecule has 0 fully saturated rings. The molecule has 2 heterocycles. The van der Waals surface area contributed by atoms with E-state index in [1.807, 2.05) is 13.8 Å². The second-order valence-corrected chi connectivity index (χ2v) is 4.30. The average Bonchev–Trinajstić information content (AvgIpc) is 2.93. The molecule has 1 N–H and O–H groups in total. The molecule has 2 aromatic rings. The summed E-state index contributed by atoms with van der Waals surface area (Å²) in [5, 5.41) is 17.1. The minimum Gasteiger partial charge on any atom is -0.478 e. The zero-order chi connectivity index (χ0) is 13.3. The van der Waals surface area contributed by atoms with E-state index in [0.717, 1.165) is 6.42 Å². The minimum atomic E-state index is -1.06. The fourth-order valence-electron chi connectivity index (χ4n) is 1.65. The van der Waals surface area contributed by atoms with Crippen molar-refractivity contribution in [2.45, 2.75) is 26.3 Å². The standard InChI is InChI=1S/C11H12ClN3O3/c1-3-6(2)15-10(7(5-13-15)11(16)17)8-4-9(12)18-14-8/h4-6H,3H2,1-2H3,(H,16,17). The molecule has 2 aromatic heterocycles. The van der Waals surface area contributed by atoms with Crippen LogP contribution in [0.1, 0.15) is 36.7 Å². The molecule has 0 saturated carbocycles. The minimum absolute atomic E-state index is 0.0589. The molecule has 18 heavy (non-hydrogen) atoms. The van der Waals surface area contributed by atoms with E-state index in [0.29, 0.717) is 11.4 Å².